The summed E-state index contributed by atoms with van der Waals surface area (Å²) < 4.78 is 26.9. The number of hydrogen-bond donors (Lipinski definition) is 0. The molecule has 1 spiro atoms. The predicted octanol–water partition coefficient (Wildman–Crippen LogP) is 14.7. The monoisotopic (exact) mass is 1320 g/mol. The molecule has 6 aromatic carbocycles. The van der Waals surface area contributed by atoms with Crippen molar-refractivity contribution in [3.05, 3.63) is 228 Å². The molecule has 12 heterocycles. The number of likely N-dealkylation sites (N-methyl/N-ethyl adjacent to an activating group) is 1. The number of halogens is 1. The second-order valence-corrected chi connectivity index (χ2v) is 28.8. The molecule has 500 valence electrons. The van der Waals surface area contributed by atoms with Crippen molar-refractivity contribution in [2.24, 2.45) is 5.41 Å². The lowest BCUT2D eigenvalue weighted by atomic mass is 9.68. The number of fused-ring (bicyclic) bond motifs is 15. The molecule has 100 heavy (non-hydrogen) atoms. The number of nitrogens with zero attached hydrogens (tertiary/aromatic N) is 17. The summed E-state index contributed by atoms with van der Waals surface area (Å²) in [6.07, 6.45) is 23.3. The first-order valence-electron chi connectivity index (χ1n) is 35.1. The Kier molecular flexibility index (Phi) is 15.8. The van der Waals surface area contributed by atoms with Gasteiger partial charge in [0.2, 0.25) is 0 Å². The molecule has 0 N–H and O–H groups in total. The van der Waals surface area contributed by atoms with Crippen molar-refractivity contribution in [3.63, 3.8) is 0 Å². The molecule has 19 rings (SSSR count). The highest BCUT2D eigenvalue weighted by molar-refractivity contribution is 5.76. The summed E-state index contributed by atoms with van der Waals surface area (Å²) in [5.41, 5.74) is 24.2. The van der Waals surface area contributed by atoms with Gasteiger partial charge in [0.25, 0.3) is 0 Å². The largest absolute Gasteiger partial charge is 0.371 e. The van der Waals surface area contributed by atoms with Gasteiger partial charge < -0.3 is 38.2 Å². The van der Waals surface area contributed by atoms with Gasteiger partial charge in [0.15, 0.2) is 17.5 Å². The molecule has 1 aliphatic carbocycles. The van der Waals surface area contributed by atoms with Crippen LogP contribution in [0, 0.1) is 40.8 Å². The van der Waals surface area contributed by atoms with E-state index in [2.05, 4.69) is 206 Å². The van der Waals surface area contributed by atoms with E-state index in [9.17, 15) is 4.39 Å². The summed E-state index contributed by atoms with van der Waals surface area (Å²) >= 11 is 0. The van der Waals surface area contributed by atoms with Gasteiger partial charge in [-0.25, -0.2) is 14.4 Å². The van der Waals surface area contributed by atoms with Crippen LogP contribution in [0.3, 0.4) is 0 Å². The molecule has 1 atom stereocenters. The Bertz CT molecular complexity index is 5140. The first kappa shape index (κ1) is 62.5. The number of aromatic nitrogens is 10. The molecule has 3 saturated heterocycles. The standard InChI is InChI=1S/C28H28N6.C27H28FN5.C27H24N6/c1-19-15-30-28-27-13-22(21-6-4-20(14-29)5-7-21)16-33(27)17-23-12-24(8-9-26(23)34(19)28)32-11-10-25(18-32)31(2)3;1-30(2)23-9-12-31(13-10-23)24-7-8-25-21(15-24)18-32-17-20(19-3-5-22(28)6-4-19)16-26(32)27-29-11-14-33(25)27;28-14-19-2-4-20(5-3-19)21-13-25-26-30-29-18-33(26)24-7-6-23(12-22(24)16-32(25)15-21)31-11-10-27(17-31)8-1-9-27/h4-9,12-13,15-16,25H,10-11,17-18H2,1-3H3;3-8,11,14-17,23H,9-10,12-13,18H2,1-2H3;2-7,12-13,15,18H,1,8-11,16-17H2/t25-;;/m1../s1. The van der Waals surface area contributed by atoms with Crippen molar-refractivity contribution in [1.82, 2.24) is 57.4 Å². The Hall–Kier alpha value is -11.1. The van der Waals surface area contributed by atoms with Crippen molar-refractivity contribution >= 4 is 17.1 Å². The van der Waals surface area contributed by atoms with Crippen molar-refractivity contribution < 1.29 is 4.39 Å². The third-order valence-electron chi connectivity index (χ3n) is 22.4. The van der Waals surface area contributed by atoms with Crippen LogP contribution in [0.2, 0.25) is 0 Å². The number of piperidine rings is 1. The Morgan fingerprint density at radius 1 is 0.500 bits per heavy atom. The number of aryl methyl sites for hydroxylation is 1. The van der Waals surface area contributed by atoms with Crippen molar-refractivity contribution in [2.45, 2.75) is 83.6 Å². The number of nitriles is 2. The van der Waals surface area contributed by atoms with E-state index in [1.54, 1.807) is 0 Å². The molecule has 6 aromatic heterocycles. The highest BCUT2D eigenvalue weighted by Gasteiger charge is 2.43. The van der Waals surface area contributed by atoms with Crippen molar-refractivity contribution in [3.8, 4) is 97.1 Å². The van der Waals surface area contributed by atoms with Crippen LogP contribution in [0.4, 0.5) is 21.5 Å². The first-order valence-corrected chi connectivity index (χ1v) is 35.1. The Morgan fingerprint density at radius 2 is 1.00 bits per heavy atom. The molecule has 0 bridgehead atoms. The van der Waals surface area contributed by atoms with E-state index in [1.807, 2.05) is 85.6 Å². The molecule has 12 aromatic rings. The molecule has 17 nitrogen and oxygen atoms in total. The van der Waals surface area contributed by atoms with E-state index >= 15 is 0 Å². The average molecular weight is 1320 g/mol. The molecule has 6 aliphatic heterocycles. The first-order chi connectivity index (χ1) is 48.8. The molecule has 18 heteroatoms. The average Bonchev–Trinajstić information content (AvgIpc) is 1.61. The molecule has 0 unspecified atom stereocenters. The number of anilines is 3. The lowest BCUT2D eigenvalue weighted by Gasteiger charge is -2.38. The minimum Gasteiger partial charge on any atom is -0.371 e. The van der Waals surface area contributed by atoms with Crippen LogP contribution in [-0.2, 0) is 19.6 Å². The minimum atomic E-state index is -0.217. The fourth-order valence-electron chi connectivity index (χ4n) is 16.5. The second-order valence-electron chi connectivity index (χ2n) is 28.8. The number of benzene rings is 6. The van der Waals surface area contributed by atoms with E-state index in [-0.39, 0.29) is 5.82 Å². The zero-order valence-electron chi connectivity index (χ0n) is 57.3. The molecular weight excluding hydrogens is 1240 g/mol. The Morgan fingerprint density at radius 3 is 1.54 bits per heavy atom. The maximum Gasteiger partial charge on any atom is 0.185 e. The van der Waals surface area contributed by atoms with Gasteiger partial charge in [-0.1, -0.05) is 42.8 Å². The summed E-state index contributed by atoms with van der Waals surface area (Å²) in [7, 11) is 8.71. The minimum absolute atomic E-state index is 0.217. The van der Waals surface area contributed by atoms with E-state index in [1.165, 1.54) is 109 Å². The van der Waals surface area contributed by atoms with Gasteiger partial charge in [-0.2, -0.15) is 10.5 Å². The summed E-state index contributed by atoms with van der Waals surface area (Å²) in [6, 6.07) is 55.1. The fraction of sp³-hybridized carbons (Fsp3) is 0.293. The lowest BCUT2D eigenvalue weighted by Crippen LogP contribution is -2.42. The van der Waals surface area contributed by atoms with Gasteiger partial charge in [-0.15, -0.1) is 10.2 Å². The van der Waals surface area contributed by atoms with Crippen LogP contribution in [0.15, 0.2) is 189 Å². The SMILES string of the molecule is CN(C)C1CCN(c2ccc3c(c2)Cn2cc(-c4ccc(F)cc4)cc2-c2nccn2-3)CC1.Cc1cnc2n1-c1ccc(N3CC[C@@H](N(C)C)C3)cc1Cn1cc(-c3ccc(C#N)cc3)cc1-2.N#Cc1ccc(-c2cc3n(c2)Cc2cc(N4CCC5(CCC5)C4)ccc2-n2cnnc2-3)cc1. The number of rotatable bonds is 8. The highest BCUT2D eigenvalue weighted by atomic mass is 19.1. The van der Waals surface area contributed by atoms with Crippen molar-refractivity contribution in [2.75, 3.05) is 82.2 Å². The van der Waals surface area contributed by atoms with Crippen LogP contribution < -0.4 is 14.7 Å². The zero-order valence-corrected chi connectivity index (χ0v) is 57.3. The summed E-state index contributed by atoms with van der Waals surface area (Å²) in [5, 5.41) is 27.0. The summed E-state index contributed by atoms with van der Waals surface area (Å²) in [4.78, 5) is 21.8. The second kappa shape index (κ2) is 25.4. The van der Waals surface area contributed by atoms with E-state index in [0.717, 1.165) is 132 Å². The molecule has 1 saturated carbocycles. The Balaban J connectivity index is 0.000000112. The summed E-state index contributed by atoms with van der Waals surface area (Å²) in [6.45, 7) is 11.2. The molecular formula is C82H80FN17. The topological polar surface area (TPSA) is 145 Å². The third-order valence-corrected chi connectivity index (χ3v) is 22.4. The van der Waals surface area contributed by atoms with Crippen LogP contribution >= 0.6 is 0 Å². The van der Waals surface area contributed by atoms with Gasteiger partial charge >= 0.3 is 0 Å². The quantitative estimate of drug-likeness (QED) is 0.143. The van der Waals surface area contributed by atoms with Crippen molar-refractivity contribution in [1.29, 1.82) is 10.5 Å². The number of imidazole rings is 2. The smallest absolute Gasteiger partial charge is 0.185 e. The highest BCUT2D eigenvalue weighted by Crippen LogP contribution is 2.49. The predicted molar refractivity (Wildman–Crippen MR) is 393 cm³/mol. The van der Waals surface area contributed by atoms with E-state index in [4.69, 9.17) is 15.5 Å². The zero-order chi connectivity index (χ0) is 67.9. The molecule has 7 aliphatic rings. The van der Waals surface area contributed by atoms with Crippen LogP contribution in [0.25, 0.3) is 85.0 Å². The van der Waals surface area contributed by atoms with Gasteiger partial charge in [-0.05, 0) is 222 Å². The van der Waals surface area contributed by atoms with E-state index in [0.29, 0.717) is 28.6 Å². The normalized spacial score (nSPS) is 16.7. The van der Waals surface area contributed by atoms with Crippen LogP contribution in [-0.4, -0.2) is 137 Å². The number of hydrogen-bond acceptors (Lipinski definition) is 11. The fourth-order valence-corrected chi connectivity index (χ4v) is 16.5. The van der Waals surface area contributed by atoms with Gasteiger partial charge in [0.05, 0.1) is 57.4 Å². The van der Waals surface area contributed by atoms with Crippen LogP contribution in [0.5, 0.6) is 0 Å². The summed E-state index contributed by atoms with van der Waals surface area (Å²) in [5.74, 6) is 2.54. The third kappa shape index (κ3) is 11.4. The van der Waals surface area contributed by atoms with E-state index < -0.39 is 0 Å². The van der Waals surface area contributed by atoms with Gasteiger partial charge in [-0.3, -0.25) is 13.7 Å². The lowest BCUT2D eigenvalue weighted by molar-refractivity contribution is 0.165. The van der Waals surface area contributed by atoms with Gasteiger partial charge in [0.1, 0.15) is 12.1 Å². The molecule has 0 amide bonds. The molecule has 0 radical (unpaired) electrons. The molecule has 4 fully saturated rings. The maximum atomic E-state index is 13.4. The van der Waals surface area contributed by atoms with Crippen LogP contribution in [0.1, 0.15) is 78.5 Å². The maximum absolute atomic E-state index is 13.4. The Labute approximate surface area is 583 Å². The van der Waals surface area contributed by atoms with Gasteiger partial charge in [0, 0.05) is 148 Å².